The van der Waals surface area contributed by atoms with Gasteiger partial charge in [0.25, 0.3) is 0 Å². The van der Waals surface area contributed by atoms with Crippen LogP contribution >= 0.6 is 0 Å². The van der Waals surface area contributed by atoms with Gasteiger partial charge < -0.3 is 20.3 Å². The Labute approximate surface area is 250 Å². The first-order chi connectivity index (χ1) is 19.0. The van der Waals surface area contributed by atoms with Gasteiger partial charge in [-0.05, 0) is 72.2 Å². The number of fused-ring (bicyclic) bond motifs is 6. The summed E-state index contributed by atoms with van der Waals surface area (Å²) < 4.78 is 12.0. The summed E-state index contributed by atoms with van der Waals surface area (Å²) in [5.41, 5.74) is 24.2. The highest BCUT2D eigenvalue weighted by molar-refractivity contribution is 6.14. The quantitative estimate of drug-likeness (QED) is 0.209. The van der Waals surface area contributed by atoms with Crippen molar-refractivity contribution in [1.82, 2.24) is 0 Å². The molecule has 0 bridgehead atoms. The number of nitrogen functional groups attached to an aromatic ring is 2. The second kappa shape index (κ2) is 12.2. The summed E-state index contributed by atoms with van der Waals surface area (Å²) in [7, 11) is 0. The molecule has 4 heteroatoms. The summed E-state index contributed by atoms with van der Waals surface area (Å²) in [5.74, 6) is 0.766. The molecule has 4 nitrogen and oxygen atoms in total. The predicted molar refractivity (Wildman–Crippen MR) is 187 cm³/mol. The first-order valence-electron chi connectivity index (χ1n) is 13.8. The van der Waals surface area contributed by atoms with E-state index in [0.717, 1.165) is 72.1 Å². The van der Waals surface area contributed by atoms with Gasteiger partial charge in [0.1, 0.15) is 22.3 Å². The Kier molecular flexibility index (Phi) is 9.32. The maximum Gasteiger partial charge on any atom is 0.136 e. The average molecular weight is 563 g/mol. The molecule has 42 heavy (non-hydrogen) atoms. The normalized spacial score (nSPS) is 11.0. The van der Waals surface area contributed by atoms with Crippen LogP contribution in [0.3, 0.4) is 0 Å². The number of benzene rings is 4. The molecule has 0 saturated heterocycles. The first kappa shape index (κ1) is 32.1. The lowest BCUT2D eigenvalue weighted by Gasteiger charge is -2.17. The Morgan fingerprint density at radius 3 is 1.62 bits per heavy atom. The van der Waals surface area contributed by atoms with Crippen molar-refractivity contribution in [3.05, 3.63) is 96.1 Å². The van der Waals surface area contributed by atoms with Crippen molar-refractivity contribution in [2.24, 2.45) is 0 Å². The molecule has 0 fully saturated rings. The Morgan fingerprint density at radius 2 is 1.14 bits per heavy atom. The largest absolute Gasteiger partial charge is 0.456 e. The van der Waals surface area contributed by atoms with Crippen molar-refractivity contribution < 1.29 is 8.83 Å². The standard InChI is InChI=1S/C18H21NO.C18H17NO.2CH4/c2*1-10(2)13-9-15-17(16(11(3)4)18(13)19)12-7-5-6-8-14(12)20-15;;/h5-11H,19H2,1-4H3;5-9H,1,3,19H2,2,4H3;2*1H4. The number of rotatable bonds is 4. The Balaban J connectivity index is 0.000000220. The van der Waals surface area contributed by atoms with E-state index in [1.165, 1.54) is 16.5 Å². The monoisotopic (exact) mass is 562 g/mol. The van der Waals surface area contributed by atoms with Crippen molar-refractivity contribution in [3.63, 3.8) is 0 Å². The number of hydrogen-bond donors (Lipinski definition) is 2. The zero-order valence-corrected chi connectivity index (χ0v) is 24.3. The van der Waals surface area contributed by atoms with Gasteiger partial charge in [-0.25, -0.2) is 0 Å². The molecule has 0 aliphatic carbocycles. The SMILES string of the molecule is C.C.C=C(C)c1cc2oc3ccccc3c2c(C(=C)C)c1N.CC(C)c1cc2oc3ccccc3c2c(C(C)C)c1N. The van der Waals surface area contributed by atoms with E-state index in [-0.39, 0.29) is 14.9 Å². The van der Waals surface area contributed by atoms with Crippen LogP contribution in [0.25, 0.3) is 55.0 Å². The minimum atomic E-state index is 0. The molecular formula is C38H46N2O2. The van der Waals surface area contributed by atoms with Gasteiger partial charge in [-0.1, -0.05) is 92.1 Å². The van der Waals surface area contributed by atoms with E-state index in [2.05, 4.69) is 53.0 Å². The van der Waals surface area contributed by atoms with Crippen LogP contribution in [0.2, 0.25) is 0 Å². The fourth-order valence-corrected chi connectivity index (χ4v) is 5.73. The number of hydrogen-bond acceptors (Lipinski definition) is 4. The van der Waals surface area contributed by atoms with E-state index >= 15 is 0 Å². The van der Waals surface area contributed by atoms with Crippen LogP contribution in [0.1, 0.15) is 90.5 Å². The maximum atomic E-state index is 6.46. The van der Waals surface area contributed by atoms with Crippen molar-refractivity contribution in [1.29, 1.82) is 0 Å². The van der Waals surface area contributed by atoms with Crippen molar-refractivity contribution >= 4 is 66.4 Å². The molecule has 0 radical (unpaired) electrons. The van der Waals surface area contributed by atoms with Crippen molar-refractivity contribution in [2.75, 3.05) is 11.5 Å². The lowest BCUT2D eigenvalue weighted by molar-refractivity contribution is 0.666. The Morgan fingerprint density at radius 1 is 0.643 bits per heavy atom. The molecule has 6 aromatic rings. The molecule has 2 aromatic heterocycles. The van der Waals surface area contributed by atoms with E-state index in [1.807, 2.05) is 62.4 Å². The molecule has 0 spiro atoms. The van der Waals surface area contributed by atoms with Gasteiger partial charge in [-0.2, -0.15) is 0 Å². The third kappa shape index (κ3) is 5.30. The van der Waals surface area contributed by atoms with Gasteiger partial charge in [-0.3, -0.25) is 0 Å². The smallest absolute Gasteiger partial charge is 0.136 e. The molecule has 0 unspecified atom stereocenters. The van der Waals surface area contributed by atoms with E-state index in [1.54, 1.807) is 0 Å². The molecule has 6 rings (SSSR count). The highest BCUT2D eigenvalue weighted by atomic mass is 16.3. The van der Waals surface area contributed by atoms with Crippen LogP contribution in [-0.2, 0) is 0 Å². The molecule has 2 heterocycles. The Hall–Kier alpha value is -4.44. The summed E-state index contributed by atoms with van der Waals surface area (Å²) in [6.07, 6.45) is 0. The second-order valence-electron chi connectivity index (χ2n) is 11.3. The summed E-state index contributed by atoms with van der Waals surface area (Å²) in [6, 6.07) is 20.3. The summed E-state index contributed by atoms with van der Waals surface area (Å²) >= 11 is 0. The number of anilines is 2. The highest BCUT2D eigenvalue weighted by Gasteiger charge is 2.20. The van der Waals surface area contributed by atoms with Gasteiger partial charge in [-0.15, -0.1) is 0 Å². The molecule has 0 saturated carbocycles. The highest BCUT2D eigenvalue weighted by Crippen LogP contribution is 2.42. The van der Waals surface area contributed by atoms with E-state index in [4.69, 9.17) is 20.3 Å². The van der Waals surface area contributed by atoms with Crippen LogP contribution in [0.15, 0.2) is 82.7 Å². The molecule has 0 amide bonds. The predicted octanol–water partition coefficient (Wildman–Crippen LogP) is 11.9. The number of furan rings is 2. The molecule has 220 valence electrons. The molecule has 0 aliphatic rings. The lowest BCUT2D eigenvalue weighted by atomic mass is 9.89. The minimum absolute atomic E-state index is 0. The first-order valence-corrected chi connectivity index (χ1v) is 13.8. The molecule has 4 N–H and O–H groups in total. The van der Waals surface area contributed by atoms with E-state index in [9.17, 15) is 0 Å². The average Bonchev–Trinajstić information content (AvgIpc) is 3.45. The van der Waals surface area contributed by atoms with Gasteiger partial charge in [0.05, 0.1) is 0 Å². The second-order valence-corrected chi connectivity index (χ2v) is 11.3. The summed E-state index contributed by atoms with van der Waals surface area (Å²) in [6.45, 7) is 20.7. The topological polar surface area (TPSA) is 78.3 Å². The van der Waals surface area contributed by atoms with Crippen LogP contribution in [-0.4, -0.2) is 0 Å². The van der Waals surface area contributed by atoms with Crippen molar-refractivity contribution in [2.45, 2.75) is 68.2 Å². The number of allylic oxidation sites excluding steroid dienone is 2. The molecule has 4 aromatic carbocycles. The van der Waals surface area contributed by atoms with Gasteiger partial charge in [0, 0.05) is 44.0 Å². The zero-order valence-electron chi connectivity index (χ0n) is 24.3. The maximum absolute atomic E-state index is 6.46. The number of para-hydroxylation sites is 2. The Bertz CT molecular complexity index is 1930. The van der Waals surface area contributed by atoms with E-state index in [0.29, 0.717) is 11.8 Å². The lowest BCUT2D eigenvalue weighted by Crippen LogP contribution is -2.03. The summed E-state index contributed by atoms with van der Waals surface area (Å²) in [4.78, 5) is 0. The van der Waals surface area contributed by atoms with Crippen LogP contribution < -0.4 is 11.5 Å². The number of nitrogens with two attached hydrogens (primary N) is 2. The molecule has 0 atom stereocenters. The zero-order chi connectivity index (χ0) is 28.9. The molecular weight excluding hydrogens is 516 g/mol. The van der Waals surface area contributed by atoms with E-state index < -0.39 is 0 Å². The van der Waals surface area contributed by atoms with Crippen molar-refractivity contribution in [3.8, 4) is 0 Å². The van der Waals surface area contributed by atoms with Gasteiger partial charge in [0.2, 0.25) is 0 Å². The van der Waals surface area contributed by atoms with Crippen LogP contribution in [0.5, 0.6) is 0 Å². The van der Waals surface area contributed by atoms with Gasteiger partial charge in [0.15, 0.2) is 0 Å². The third-order valence-corrected chi connectivity index (χ3v) is 7.57. The molecule has 0 aliphatic heterocycles. The van der Waals surface area contributed by atoms with Crippen LogP contribution in [0.4, 0.5) is 11.4 Å². The fraction of sp³-hybridized carbons (Fsp3) is 0.263. The van der Waals surface area contributed by atoms with Gasteiger partial charge >= 0.3 is 0 Å². The summed E-state index contributed by atoms with van der Waals surface area (Å²) in [5, 5.41) is 4.45. The fourth-order valence-electron chi connectivity index (χ4n) is 5.73. The minimum Gasteiger partial charge on any atom is -0.456 e. The van der Waals surface area contributed by atoms with Crippen LogP contribution in [0, 0.1) is 0 Å². The third-order valence-electron chi connectivity index (χ3n) is 7.57.